The molecule has 0 saturated carbocycles. The molecule has 2 nitrogen and oxygen atoms in total. The van der Waals surface area contributed by atoms with Crippen LogP contribution in [0, 0.1) is 5.41 Å². The summed E-state index contributed by atoms with van der Waals surface area (Å²) in [5, 5.41) is 0. The molecule has 0 aliphatic carbocycles. The molecule has 0 aromatic rings. The van der Waals surface area contributed by atoms with Gasteiger partial charge in [-0.05, 0) is 13.8 Å². The van der Waals surface area contributed by atoms with Crippen LogP contribution in [0.1, 0.15) is 13.8 Å². The molecule has 0 aromatic carbocycles. The van der Waals surface area contributed by atoms with E-state index in [1.807, 2.05) is 13.8 Å². The molecule has 0 heterocycles. The molecule has 0 N–H and O–H groups in total. The standard InChI is InChI=1S/C8H18NO/c1-8(2,7-10)6-9(3,4)5/h7H,6H2,1-5H3/q+1. The maximum absolute atomic E-state index is 10.5. The van der Waals surface area contributed by atoms with E-state index in [9.17, 15) is 4.79 Å². The van der Waals surface area contributed by atoms with Crippen LogP contribution in [0.25, 0.3) is 0 Å². The highest BCUT2D eigenvalue weighted by atomic mass is 16.1. The van der Waals surface area contributed by atoms with E-state index < -0.39 is 0 Å². The van der Waals surface area contributed by atoms with E-state index in [1.165, 1.54) is 0 Å². The Balaban J connectivity index is 4.01. The Kier molecular flexibility index (Phi) is 2.60. The molecule has 0 bridgehead atoms. The van der Waals surface area contributed by atoms with Gasteiger partial charge >= 0.3 is 0 Å². The van der Waals surface area contributed by atoms with Gasteiger partial charge in [0.15, 0.2) is 0 Å². The summed E-state index contributed by atoms with van der Waals surface area (Å²) in [7, 11) is 6.27. The van der Waals surface area contributed by atoms with Crippen molar-refractivity contribution in [1.82, 2.24) is 0 Å². The summed E-state index contributed by atoms with van der Waals surface area (Å²) in [5.74, 6) is 0. The SMILES string of the molecule is CC(C)(C=O)C[N+](C)(C)C. The van der Waals surface area contributed by atoms with Gasteiger partial charge in [-0.2, -0.15) is 0 Å². The van der Waals surface area contributed by atoms with Crippen LogP contribution < -0.4 is 0 Å². The summed E-state index contributed by atoms with van der Waals surface area (Å²) in [6.07, 6.45) is 1.02. The lowest BCUT2D eigenvalue weighted by molar-refractivity contribution is -0.875. The number of nitrogens with zero attached hydrogens (tertiary/aromatic N) is 1. The van der Waals surface area contributed by atoms with E-state index in [4.69, 9.17) is 0 Å². The number of hydrogen-bond donors (Lipinski definition) is 0. The van der Waals surface area contributed by atoms with Gasteiger partial charge in [0, 0.05) is 0 Å². The zero-order valence-corrected chi connectivity index (χ0v) is 7.64. The molecule has 0 amide bonds. The Morgan fingerprint density at radius 3 is 1.80 bits per heavy atom. The molecular formula is C8H18NO+. The third-order valence-electron chi connectivity index (χ3n) is 1.20. The van der Waals surface area contributed by atoms with Crippen molar-refractivity contribution in [1.29, 1.82) is 0 Å². The van der Waals surface area contributed by atoms with Gasteiger partial charge in [-0.1, -0.05) is 0 Å². The van der Waals surface area contributed by atoms with Gasteiger partial charge in [0.05, 0.1) is 33.1 Å². The molecule has 0 saturated heterocycles. The largest absolute Gasteiger partial charge is 0.330 e. The van der Waals surface area contributed by atoms with E-state index in [-0.39, 0.29) is 5.41 Å². The quantitative estimate of drug-likeness (QED) is 0.425. The zero-order valence-electron chi connectivity index (χ0n) is 7.64. The van der Waals surface area contributed by atoms with Gasteiger partial charge in [-0.25, -0.2) is 0 Å². The van der Waals surface area contributed by atoms with Crippen LogP contribution in [0.2, 0.25) is 0 Å². The second kappa shape index (κ2) is 2.70. The lowest BCUT2D eigenvalue weighted by atomic mass is 9.95. The van der Waals surface area contributed by atoms with Crippen LogP contribution in [0.4, 0.5) is 0 Å². The first-order valence-corrected chi connectivity index (χ1v) is 3.54. The summed E-state index contributed by atoms with van der Waals surface area (Å²) in [4.78, 5) is 10.5. The Hall–Kier alpha value is -0.370. The van der Waals surface area contributed by atoms with Gasteiger partial charge in [0.25, 0.3) is 0 Å². The normalized spacial score (nSPS) is 13.3. The lowest BCUT2D eigenvalue weighted by Gasteiger charge is -2.30. The fourth-order valence-electron chi connectivity index (χ4n) is 1.26. The van der Waals surface area contributed by atoms with E-state index in [1.54, 1.807) is 0 Å². The molecule has 0 fully saturated rings. The van der Waals surface area contributed by atoms with Crippen molar-refractivity contribution in [2.24, 2.45) is 5.41 Å². The predicted octanol–water partition coefficient (Wildman–Crippen LogP) is 0.918. The van der Waals surface area contributed by atoms with Crippen molar-refractivity contribution < 1.29 is 9.28 Å². The number of hydrogen-bond acceptors (Lipinski definition) is 1. The molecule has 0 aromatic heterocycles. The topological polar surface area (TPSA) is 17.1 Å². The number of aldehydes is 1. The van der Waals surface area contributed by atoms with E-state index >= 15 is 0 Å². The van der Waals surface area contributed by atoms with Crippen molar-refractivity contribution in [3.05, 3.63) is 0 Å². The summed E-state index contributed by atoms with van der Waals surface area (Å²) in [5.41, 5.74) is -0.182. The lowest BCUT2D eigenvalue weighted by Crippen LogP contribution is -2.43. The fraction of sp³-hybridized carbons (Fsp3) is 0.875. The van der Waals surface area contributed by atoms with Crippen LogP contribution >= 0.6 is 0 Å². The molecule has 0 atom stereocenters. The molecule has 0 aliphatic rings. The van der Waals surface area contributed by atoms with Crippen LogP contribution in [-0.2, 0) is 4.79 Å². The number of carbonyl (C=O) groups excluding carboxylic acids is 1. The first-order chi connectivity index (χ1) is 4.27. The van der Waals surface area contributed by atoms with E-state index in [2.05, 4.69) is 21.1 Å². The van der Waals surface area contributed by atoms with Crippen molar-refractivity contribution >= 4 is 6.29 Å². The van der Waals surface area contributed by atoms with E-state index in [0.29, 0.717) is 0 Å². The average Bonchev–Trinajstić information content (AvgIpc) is 1.60. The third kappa shape index (κ3) is 4.50. The number of carbonyl (C=O) groups is 1. The first kappa shape index (κ1) is 9.63. The van der Waals surface area contributed by atoms with Gasteiger partial charge in [-0.15, -0.1) is 0 Å². The predicted molar refractivity (Wildman–Crippen MR) is 42.7 cm³/mol. The smallest absolute Gasteiger partial charge is 0.131 e. The third-order valence-corrected chi connectivity index (χ3v) is 1.20. The Bertz CT molecular complexity index is 122. The highest BCUT2D eigenvalue weighted by Crippen LogP contribution is 2.14. The van der Waals surface area contributed by atoms with Gasteiger partial charge in [-0.3, -0.25) is 0 Å². The highest BCUT2D eigenvalue weighted by Gasteiger charge is 2.24. The van der Waals surface area contributed by atoms with Crippen molar-refractivity contribution in [3.8, 4) is 0 Å². The monoisotopic (exact) mass is 144 g/mol. The van der Waals surface area contributed by atoms with Gasteiger partial charge < -0.3 is 9.28 Å². The molecule has 0 spiro atoms. The minimum absolute atomic E-state index is 0.182. The number of rotatable bonds is 3. The Morgan fingerprint density at radius 2 is 1.70 bits per heavy atom. The molecule has 0 rings (SSSR count). The molecule has 10 heavy (non-hydrogen) atoms. The molecular weight excluding hydrogens is 126 g/mol. The minimum Gasteiger partial charge on any atom is -0.330 e. The van der Waals surface area contributed by atoms with Crippen molar-refractivity contribution in [2.75, 3.05) is 27.7 Å². The summed E-state index contributed by atoms with van der Waals surface area (Å²) in [6.45, 7) is 4.81. The Labute approximate surface area is 63.4 Å². The van der Waals surface area contributed by atoms with Crippen LogP contribution in [0.15, 0.2) is 0 Å². The fourth-order valence-corrected chi connectivity index (χ4v) is 1.26. The van der Waals surface area contributed by atoms with Gasteiger partial charge in [0.1, 0.15) is 6.29 Å². The minimum atomic E-state index is -0.182. The first-order valence-electron chi connectivity index (χ1n) is 3.54. The maximum Gasteiger partial charge on any atom is 0.131 e. The zero-order chi connectivity index (χ0) is 8.41. The maximum atomic E-state index is 10.5. The second-order valence-corrected chi connectivity index (χ2v) is 4.55. The number of quaternary nitrogens is 1. The Morgan fingerprint density at radius 1 is 1.30 bits per heavy atom. The van der Waals surface area contributed by atoms with Crippen LogP contribution in [0.3, 0.4) is 0 Å². The van der Waals surface area contributed by atoms with Gasteiger partial charge in [0.2, 0.25) is 0 Å². The van der Waals surface area contributed by atoms with Crippen LogP contribution in [0.5, 0.6) is 0 Å². The summed E-state index contributed by atoms with van der Waals surface area (Å²) >= 11 is 0. The van der Waals surface area contributed by atoms with Crippen molar-refractivity contribution in [3.63, 3.8) is 0 Å². The molecule has 2 heteroatoms. The van der Waals surface area contributed by atoms with Crippen molar-refractivity contribution in [2.45, 2.75) is 13.8 Å². The average molecular weight is 144 g/mol. The van der Waals surface area contributed by atoms with Crippen LogP contribution in [-0.4, -0.2) is 38.5 Å². The molecule has 0 radical (unpaired) electrons. The summed E-state index contributed by atoms with van der Waals surface area (Å²) in [6, 6.07) is 0. The molecule has 60 valence electrons. The molecule has 0 unspecified atom stereocenters. The second-order valence-electron chi connectivity index (χ2n) is 4.55. The summed E-state index contributed by atoms with van der Waals surface area (Å²) < 4.78 is 0.839. The molecule has 0 aliphatic heterocycles. The highest BCUT2D eigenvalue weighted by molar-refractivity contribution is 5.57. The van der Waals surface area contributed by atoms with E-state index in [0.717, 1.165) is 17.3 Å².